The molecule has 0 spiro atoms. The molecule has 0 radical (unpaired) electrons. The number of carboxylic acid groups (broad SMARTS) is 1. The third-order valence-electron chi connectivity index (χ3n) is 8.55. The van der Waals surface area contributed by atoms with Gasteiger partial charge in [0.05, 0.1) is 48.3 Å². The van der Waals surface area contributed by atoms with Crippen molar-refractivity contribution < 1.29 is 19.2 Å². The van der Waals surface area contributed by atoms with Crippen molar-refractivity contribution in [3.05, 3.63) is 77.9 Å². The molecule has 2 fully saturated rings. The Morgan fingerprint density at radius 1 is 1.00 bits per heavy atom. The fourth-order valence-corrected chi connectivity index (χ4v) is 6.29. The first-order valence-corrected chi connectivity index (χ1v) is 14.6. The lowest BCUT2D eigenvalue weighted by Crippen LogP contribution is -2.40. The lowest BCUT2D eigenvalue weighted by molar-refractivity contribution is 0.0939. The molecule has 43 heavy (non-hydrogen) atoms. The van der Waals surface area contributed by atoms with E-state index in [-0.39, 0.29) is 12.1 Å². The average molecular weight is 580 g/mol. The van der Waals surface area contributed by atoms with Crippen LogP contribution in [-0.4, -0.2) is 73.9 Å². The number of hydrogen-bond donors (Lipinski definition) is 1. The lowest BCUT2D eigenvalue weighted by atomic mass is 10.0. The fourth-order valence-electron chi connectivity index (χ4n) is 6.29. The molecular formula is C32H33N7O4. The molecule has 1 atom stereocenters. The van der Waals surface area contributed by atoms with Crippen LogP contribution < -0.4 is 4.90 Å². The summed E-state index contributed by atoms with van der Waals surface area (Å²) in [5, 5.41) is 19.1. The highest BCUT2D eigenvalue weighted by Crippen LogP contribution is 2.38. The van der Waals surface area contributed by atoms with Crippen LogP contribution in [0.25, 0.3) is 33.4 Å². The normalized spacial score (nSPS) is 18.0. The predicted octanol–water partition coefficient (Wildman–Crippen LogP) is 5.66. The minimum Gasteiger partial charge on any atom is -0.465 e. The standard InChI is InChI=1S/C32H33N7O4/c1-20-29(21(2)43-36-20)23-8-9-27-26(16-23)31(38-14-15-42-19-28(38)22-6-4-3-5-7-22)35-30(34-27)24-17-33-39(18-24)25-10-12-37(13-11-25)32(40)41/h3-9,16-18,25,28H,10-15,19H2,1-2H3,(H,40,41)/t28-/m1/s1. The summed E-state index contributed by atoms with van der Waals surface area (Å²) in [6.45, 7) is 6.71. The SMILES string of the molecule is Cc1noc(C)c1-c1ccc2nc(-c3cnn(C4CCN(C(=O)O)CC4)c3)nc(N3CCOC[C@@H]3c3ccccc3)c2c1. The molecule has 0 saturated carbocycles. The largest absolute Gasteiger partial charge is 0.465 e. The van der Waals surface area contributed by atoms with Crippen LogP contribution in [0.3, 0.4) is 0 Å². The monoisotopic (exact) mass is 579 g/mol. The third-order valence-corrected chi connectivity index (χ3v) is 8.55. The van der Waals surface area contributed by atoms with Crippen LogP contribution in [0, 0.1) is 13.8 Å². The number of aryl methyl sites for hydroxylation is 2. The number of rotatable bonds is 5. The first kappa shape index (κ1) is 27.1. The minimum absolute atomic E-state index is 0.00855. The van der Waals surface area contributed by atoms with E-state index in [2.05, 4.69) is 51.6 Å². The Kier molecular flexibility index (Phi) is 7.02. The van der Waals surface area contributed by atoms with E-state index in [0.717, 1.165) is 50.4 Å². The smallest absolute Gasteiger partial charge is 0.407 e. The molecule has 5 aromatic rings. The maximum Gasteiger partial charge on any atom is 0.407 e. The number of piperidine rings is 1. The van der Waals surface area contributed by atoms with Crippen molar-refractivity contribution in [2.45, 2.75) is 38.8 Å². The van der Waals surface area contributed by atoms with E-state index in [1.54, 1.807) is 6.20 Å². The number of nitrogens with zero attached hydrogens (tertiary/aromatic N) is 7. The van der Waals surface area contributed by atoms with Crippen LogP contribution in [0.5, 0.6) is 0 Å². The zero-order chi connectivity index (χ0) is 29.5. The molecular weight excluding hydrogens is 546 g/mol. The maximum absolute atomic E-state index is 11.4. The molecule has 2 saturated heterocycles. The molecule has 220 valence electrons. The molecule has 7 rings (SSSR count). The van der Waals surface area contributed by atoms with Crippen molar-refractivity contribution >= 4 is 22.8 Å². The second-order valence-corrected chi connectivity index (χ2v) is 11.2. The van der Waals surface area contributed by atoms with E-state index in [0.29, 0.717) is 51.5 Å². The maximum atomic E-state index is 11.4. The second-order valence-electron chi connectivity index (χ2n) is 11.2. The summed E-state index contributed by atoms with van der Waals surface area (Å²) in [4.78, 5) is 25.4. The van der Waals surface area contributed by atoms with E-state index in [9.17, 15) is 9.90 Å². The summed E-state index contributed by atoms with van der Waals surface area (Å²) >= 11 is 0. The van der Waals surface area contributed by atoms with E-state index < -0.39 is 6.09 Å². The van der Waals surface area contributed by atoms with Gasteiger partial charge in [0.1, 0.15) is 11.6 Å². The number of morpholine rings is 1. The minimum atomic E-state index is -0.869. The number of amides is 1. The van der Waals surface area contributed by atoms with Crippen molar-refractivity contribution in [2.75, 3.05) is 37.7 Å². The molecule has 0 unspecified atom stereocenters. The van der Waals surface area contributed by atoms with Gasteiger partial charge in [0.25, 0.3) is 0 Å². The Bertz CT molecular complexity index is 1760. The molecule has 5 heterocycles. The lowest BCUT2D eigenvalue weighted by Gasteiger charge is -2.37. The van der Waals surface area contributed by atoms with Crippen LogP contribution in [0.15, 0.2) is 65.4 Å². The predicted molar refractivity (Wildman–Crippen MR) is 161 cm³/mol. The van der Waals surface area contributed by atoms with Crippen LogP contribution in [0.2, 0.25) is 0 Å². The van der Waals surface area contributed by atoms with Crippen molar-refractivity contribution in [1.29, 1.82) is 0 Å². The van der Waals surface area contributed by atoms with E-state index in [1.807, 2.05) is 36.9 Å². The van der Waals surface area contributed by atoms with Crippen molar-refractivity contribution in [2.24, 2.45) is 0 Å². The molecule has 1 amide bonds. The Morgan fingerprint density at radius 3 is 2.56 bits per heavy atom. The first-order valence-electron chi connectivity index (χ1n) is 14.6. The zero-order valence-electron chi connectivity index (χ0n) is 24.2. The Labute approximate surface area is 248 Å². The highest BCUT2D eigenvalue weighted by atomic mass is 16.5. The van der Waals surface area contributed by atoms with Gasteiger partial charge in [0, 0.05) is 36.8 Å². The molecule has 0 aliphatic carbocycles. The quantitative estimate of drug-likeness (QED) is 0.281. The van der Waals surface area contributed by atoms with Gasteiger partial charge in [-0.2, -0.15) is 5.10 Å². The van der Waals surface area contributed by atoms with Gasteiger partial charge in [0.2, 0.25) is 0 Å². The van der Waals surface area contributed by atoms with E-state index >= 15 is 0 Å². The molecule has 0 bridgehead atoms. The third kappa shape index (κ3) is 5.10. The summed E-state index contributed by atoms with van der Waals surface area (Å²) < 4.78 is 13.4. The van der Waals surface area contributed by atoms with Gasteiger partial charge >= 0.3 is 6.09 Å². The number of hydrogen-bond acceptors (Lipinski definition) is 8. The van der Waals surface area contributed by atoms with Gasteiger partial charge in [0.15, 0.2) is 5.82 Å². The summed E-state index contributed by atoms with van der Waals surface area (Å²) in [5.74, 6) is 2.21. The number of benzene rings is 2. The molecule has 3 aromatic heterocycles. The van der Waals surface area contributed by atoms with Crippen molar-refractivity contribution in [1.82, 2.24) is 29.8 Å². The number of aromatic nitrogens is 5. The number of ether oxygens (including phenoxy) is 1. The number of anilines is 1. The molecule has 11 nitrogen and oxygen atoms in total. The first-order chi connectivity index (χ1) is 21.0. The van der Waals surface area contributed by atoms with E-state index in [4.69, 9.17) is 19.2 Å². The zero-order valence-corrected chi connectivity index (χ0v) is 24.2. The van der Waals surface area contributed by atoms with Crippen LogP contribution in [0.4, 0.5) is 10.6 Å². The van der Waals surface area contributed by atoms with E-state index in [1.165, 1.54) is 4.90 Å². The summed E-state index contributed by atoms with van der Waals surface area (Å²) in [6, 6.07) is 16.7. The molecule has 2 aliphatic heterocycles. The molecule has 2 aromatic carbocycles. The van der Waals surface area contributed by atoms with Gasteiger partial charge < -0.3 is 24.2 Å². The van der Waals surface area contributed by atoms with Gasteiger partial charge in [-0.25, -0.2) is 14.8 Å². The number of carbonyl (C=O) groups is 1. The average Bonchev–Trinajstić information content (AvgIpc) is 3.67. The molecule has 11 heteroatoms. The summed E-state index contributed by atoms with van der Waals surface area (Å²) in [6.07, 6.45) is 4.35. The Balaban J connectivity index is 1.32. The number of fused-ring (bicyclic) bond motifs is 1. The Hall–Kier alpha value is -4.77. The van der Waals surface area contributed by atoms with Crippen LogP contribution in [-0.2, 0) is 4.74 Å². The van der Waals surface area contributed by atoms with Crippen LogP contribution >= 0.6 is 0 Å². The van der Waals surface area contributed by atoms with Gasteiger partial charge in [-0.05, 0) is 49.9 Å². The highest BCUT2D eigenvalue weighted by Gasteiger charge is 2.29. The summed E-state index contributed by atoms with van der Waals surface area (Å²) in [5.41, 5.74) is 5.64. The second kappa shape index (κ2) is 11.1. The van der Waals surface area contributed by atoms with Gasteiger partial charge in [-0.1, -0.05) is 41.6 Å². The number of likely N-dealkylation sites (tertiary alicyclic amines) is 1. The topological polar surface area (TPSA) is 123 Å². The van der Waals surface area contributed by atoms with Gasteiger partial charge in [-0.3, -0.25) is 4.68 Å². The van der Waals surface area contributed by atoms with Crippen LogP contribution in [0.1, 0.15) is 41.9 Å². The van der Waals surface area contributed by atoms with Crippen molar-refractivity contribution in [3.63, 3.8) is 0 Å². The molecule has 2 aliphatic rings. The summed E-state index contributed by atoms with van der Waals surface area (Å²) in [7, 11) is 0. The van der Waals surface area contributed by atoms with Crippen molar-refractivity contribution in [3.8, 4) is 22.5 Å². The Morgan fingerprint density at radius 2 is 1.81 bits per heavy atom. The fraction of sp³-hybridized carbons (Fsp3) is 0.344. The van der Waals surface area contributed by atoms with Gasteiger partial charge in [-0.15, -0.1) is 0 Å². The highest BCUT2D eigenvalue weighted by molar-refractivity contribution is 5.95. The molecule has 1 N–H and O–H groups in total.